The van der Waals surface area contributed by atoms with E-state index < -0.39 is 4.92 Å². The highest BCUT2D eigenvalue weighted by molar-refractivity contribution is 9.10. The van der Waals surface area contributed by atoms with Crippen molar-refractivity contribution < 1.29 is 14.1 Å². The largest absolute Gasteiger partial charge is 0.411 e. The summed E-state index contributed by atoms with van der Waals surface area (Å²) >= 11 is 4.34. The molecule has 0 bridgehead atoms. The summed E-state index contributed by atoms with van der Waals surface area (Å²) in [5, 5.41) is 19.3. The van der Waals surface area contributed by atoms with Crippen molar-refractivity contribution in [2.24, 2.45) is 0 Å². The number of benzene rings is 2. The maximum Gasteiger partial charge on any atom is 0.284 e. The number of aromatic nitrogens is 2. The zero-order valence-corrected chi connectivity index (χ0v) is 15.2. The van der Waals surface area contributed by atoms with Crippen molar-refractivity contribution in [2.45, 2.75) is 17.0 Å². The lowest BCUT2D eigenvalue weighted by Crippen LogP contribution is -1.97. The van der Waals surface area contributed by atoms with Gasteiger partial charge in [-0.05, 0) is 49.0 Å². The number of nitro benzene ring substituents is 1. The van der Waals surface area contributed by atoms with Crippen LogP contribution in [0.1, 0.15) is 17.3 Å². The van der Waals surface area contributed by atoms with Gasteiger partial charge in [0.2, 0.25) is 5.89 Å². The van der Waals surface area contributed by atoms with Gasteiger partial charge in [-0.3, -0.25) is 14.9 Å². The Labute approximate surface area is 154 Å². The molecule has 25 heavy (non-hydrogen) atoms. The van der Waals surface area contributed by atoms with E-state index in [1.165, 1.54) is 25.1 Å². The fraction of sp³-hybridized carbons (Fsp3) is 0.0625. The van der Waals surface area contributed by atoms with E-state index in [1.807, 2.05) is 24.3 Å². The molecule has 0 radical (unpaired) electrons. The topological polar surface area (TPSA) is 99.1 Å². The summed E-state index contributed by atoms with van der Waals surface area (Å²) in [6.07, 6.45) is 0. The van der Waals surface area contributed by atoms with Crippen molar-refractivity contribution in [1.82, 2.24) is 10.2 Å². The molecule has 0 amide bonds. The highest BCUT2D eigenvalue weighted by atomic mass is 79.9. The van der Waals surface area contributed by atoms with Crippen molar-refractivity contribution in [1.29, 1.82) is 0 Å². The molecule has 1 heterocycles. The summed E-state index contributed by atoms with van der Waals surface area (Å²) in [6.45, 7) is 1.36. The second-order valence-electron chi connectivity index (χ2n) is 4.98. The Hall–Kier alpha value is -2.52. The highest BCUT2D eigenvalue weighted by Crippen LogP contribution is 2.36. The minimum atomic E-state index is -0.541. The lowest BCUT2D eigenvalue weighted by atomic mass is 10.1. The van der Waals surface area contributed by atoms with Gasteiger partial charge in [-0.15, -0.1) is 10.2 Å². The first-order valence-electron chi connectivity index (χ1n) is 7.00. The summed E-state index contributed by atoms with van der Waals surface area (Å²) < 4.78 is 6.44. The number of halogens is 1. The Morgan fingerprint density at radius 1 is 1.24 bits per heavy atom. The van der Waals surface area contributed by atoms with Gasteiger partial charge in [0.1, 0.15) is 0 Å². The number of hydrogen-bond acceptors (Lipinski definition) is 7. The van der Waals surface area contributed by atoms with Gasteiger partial charge in [0, 0.05) is 21.7 Å². The third-order valence-corrected chi connectivity index (χ3v) is 4.64. The van der Waals surface area contributed by atoms with E-state index in [4.69, 9.17) is 4.42 Å². The highest BCUT2D eigenvalue weighted by Gasteiger charge is 2.20. The van der Waals surface area contributed by atoms with Gasteiger partial charge in [0.25, 0.3) is 10.9 Å². The van der Waals surface area contributed by atoms with Crippen molar-refractivity contribution >= 4 is 39.2 Å². The monoisotopic (exact) mass is 419 g/mol. The summed E-state index contributed by atoms with van der Waals surface area (Å²) in [6, 6.07) is 11.6. The number of nitro groups is 1. The molecule has 0 fully saturated rings. The van der Waals surface area contributed by atoms with Gasteiger partial charge in [-0.1, -0.05) is 22.0 Å². The fourth-order valence-corrected chi connectivity index (χ4v) is 3.21. The molecule has 7 nitrogen and oxygen atoms in total. The van der Waals surface area contributed by atoms with E-state index in [1.54, 1.807) is 0 Å². The smallest absolute Gasteiger partial charge is 0.284 e. The van der Waals surface area contributed by atoms with Gasteiger partial charge in [-0.2, -0.15) is 0 Å². The number of carbonyl (C=O) groups is 1. The molecule has 3 aromatic rings. The molecule has 0 atom stereocenters. The van der Waals surface area contributed by atoms with Gasteiger partial charge < -0.3 is 4.42 Å². The lowest BCUT2D eigenvalue weighted by molar-refractivity contribution is -0.387. The predicted molar refractivity (Wildman–Crippen MR) is 94.7 cm³/mol. The van der Waals surface area contributed by atoms with E-state index in [2.05, 4.69) is 26.1 Å². The van der Waals surface area contributed by atoms with Crippen LogP contribution in [-0.4, -0.2) is 20.9 Å². The van der Waals surface area contributed by atoms with Crippen molar-refractivity contribution in [3.05, 3.63) is 62.6 Å². The third kappa shape index (κ3) is 3.94. The zero-order chi connectivity index (χ0) is 18.0. The van der Waals surface area contributed by atoms with Crippen LogP contribution in [0.3, 0.4) is 0 Å². The lowest BCUT2D eigenvalue weighted by Gasteiger charge is -2.01. The molecule has 0 spiro atoms. The normalized spacial score (nSPS) is 10.6. The van der Waals surface area contributed by atoms with Crippen molar-refractivity contribution in [3.8, 4) is 11.5 Å². The Morgan fingerprint density at radius 2 is 2.04 bits per heavy atom. The fourth-order valence-electron chi connectivity index (χ4n) is 2.05. The van der Waals surface area contributed by atoms with Crippen LogP contribution in [0.2, 0.25) is 0 Å². The van der Waals surface area contributed by atoms with E-state index in [9.17, 15) is 14.9 Å². The molecule has 2 aromatic carbocycles. The number of Topliss-reactive ketones (excluding diaryl/α,β-unsaturated/α-hetero) is 1. The Balaban J connectivity index is 1.90. The molecule has 0 aliphatic rings. The zero-order valence-electron chi connectivity index (χ0n) is 12.8. The number of nitrogens with zero attached hydrogens (tertiary/aromatic N) is 3. The maximum absolute atomic E-state index is 11.4. The maximum atomic E-state index is 11.4. The van der Waals surface area contributed by atoms with Gasteiger partial charge in [-0.25, -0.2) is 0 Å². The van der Waals surface area contributed by atoms with Gasteiger partial charge in [0.05, 0.1) is 9.82 Å². The molecule has 9 heteroatoms. The molecule has 0 aliphatic carbocycles. The molecular formula is C16H10BrN3O4S. The van der Waals surface area contributed by atoms with Crippen molar-refractivity contribution in [2.75, 3.05) is 0 Å². The van der Waals surface area contributed by atoms with E-state index >= 15 is 0 Å². The summed E-state index contributed by atoms with van der Waals surface area (Å²) in [7, 11) is 0. The molecule has 3 rings (SSSR count). The SMILES string of the molecule is CC(=O)c1ccc(Sc2nnc(-c3cccc(Br)c3)o2)c([N+](=O)[O-])c1. The van der Waals surface area contributed by atoms with Crippen LogP contribution in [0.4, 0.5) is 5.69 Å². The summed E-state index contributed by atoms with van der Waals surface area (Å²) in [4.78, 5) is 22.4. The molecule has 126 valence electrons. The molecule has 1 aromatic heterocycles. The summed E-state index contributed by atoms with van der Waals surface area (Å²) in [5.41, 5.74) is 0.825. The van der Waals surface area contributed by atoms with Gasteiger partial charge in [0.15, 0.2) is 5.78 Å². The minimum Gasteiger partial charge on any atom is -0.411 e. The Morgan fingerprint density at radius 3 is 2.72 bits per heavy atom. The van der Waals surface area contributed by atoms with Crippen LogP contribution in [0, 0.1) is 10.1 Å². The molecule has 0 saturated carbocycles. The quantitative estimate of drug-likeness (QED) is 0.333. The van der Waals surface area contributed by atoms with Crippen LogP contribution in [0.5, 0.6) is 0 Å². The Kier molecular flexibility index (Phi) is 4.95. The molecule has 0 N–H and O–H groups in total. The number of rotatable bonds is 5. The molecule has 0 unspecified atom stereocenters. The second kappa shape index (κ2) is 7.16. The van der Waals surface area contributed by atoms with Crippen LogP contribution < -0.4 is 0 Å². The standard InChI is InChI=1S/C16H10BrN3O4S/c1-9(21)10-5-6-14(13(8-10)20(22)23)25-16-19-18-15(24-16)11-3-2-4-12(17)7-11/h2-8H,1H3. The third-order valence-electron chi connectivity index (χ3n) is 3.24. The van der Waals surface area contributed by atoms with Crippen LogP contribution in [0.25, 0.3) is 11.5 Å². The molecule has 0 saturated heterocycles. The van der Waals surface area contributed by atoms with Gasteiger partial charge >= 0.3 is 0 Å². The predicted octanol–water partition coefficient (Wildman–Crippen LogP) is 4.76. The number of ketones is 1. The first-order chi connectivity index (χ1) is 11.9. The number of carbonyl (C=O) groups excluding carboxylic acids is 1. The molecular weight excluding hydrogens is 410 g/mol. The first-order valence-corrected chi connectivity index (χ1v) is 8.61. The van der Waals surface area contributed by atoms with Crippen molar-refractivity contribution in [3.63, 3.8) is 0 Å². The van der Waals surface area contributed by atoms with E-state index in [0.717, 1.165) is 21.8 Å². The van der Waals surface area contributed by atoms with E-state index in [0.29, 0.717) is 10.8 Å². The second-order valence-corrected chi connectivity index (χ2v) is 6.89. The minimum absolute atomic E-state index is 0.175. The average Bonchev–Trinajstić information content (AvgIpc) is 3.03. The average molecular weight is 420 g/mol. The Bertz CT molecular complexity index is 974. The van der Waals surface area contributed by atoms with Crippen LogP contribution >= 0.6 is 27.7 Å². The van der Waals surface area contributed by atoms with Crippen LogP contribution in [-0.2, 0) is 0 Å². The first kappa shape index (κ1) is 17.3. The number of hydrogen-bond donors (Lipinski definition) is 0. The van der Waals surface area contributed by atoms with Crippen LogP contribution in [0.15, 0.2) is 61.5 Å². The van der Waals surface area contributed by atoms with E-state index in [-0.39, 0.29) is 22.3 Å². The summed E-state index contributed by atoms with van der Waals surface area (Å²) in [5.74, 6) is 0.0705. The molecule has 0 aliphatic heterocycles.